The van der Waals surface area contributed by atoms with Crippen LogP contribution in [0, 0.1) is 35.5 Å². The number of rotatable bonds is 7. The van der Waals surface area contributed by atoms with Gasteiger partial charge in [-0.3, -0.25) is 4.79 Å². The molecule has 0 aromatic heterocycles. The third-order valence-corrected chi connectivity index (χ3v) is 2.79. The van der Waals surface area contributed by atoms with E-state index in [1.807, 2.05) is 0 Å². The number of ether oxygens (including phenoxy) is 1. The second kappa shape index (κ2) is 16.2. The Bertz CT molecular complexity index is 443. The first kappa shape index (κ1) is 19.1. The average Bonchev–Trinajstić information content (AvgIpc) is 2.50. The second-order valence-electron chi connectivity index (χ2n) is 4.65. The van der Waals surface area contributed by atoms with Crippen LogP contribution in [0.1, 0.15) is 71.1 Å². The number of unbranched alkanes of at least 4 members (excludes halogenated alkanes) is 5. The summed E-state index contributed by atoms with van der Waals surface area (Å²) in [7, 11) is 1.41. The molecule has 0 atom stereocenters. The highest BCUT2D eigenvalue weighted by Gasteiger charge is 1.97. The summed E-state index contributed by atoms with van der Waals surface area (Å²) < 4.78 is 4.57. The molecule has 0 saturated carbocycles. The summed E-state index contributed by atoms with van der Waals surface area (Å²) in [5, 5.41) is 0. The van der Waals surface area contributed by atoms with Crippen molar-refractivity contribution in [2.45, 2.75) is 71.1 Å². The number of methoxy groups -OCH3 is 1. The number of hydrogen-bond acceptors (Lipinski definition) is 2. The van der Waals surface area contributed by atoms with Crippen LogP contribution in [-0.2, 0) is 9.53 Å². The molecule has 0 fully saturated rings. The van der Waals surface area contributed by atoms with Gasteiger partial charge in [-0.2, -0.15) is 0 Å². The fraction of sp³-hybridized carbons (Fsp3) is 0.632. The van der Waals surface area contributed by atoms with Gasteiger partial charge < -0.3 is 4.74 Å². The Balaban J connectivity index is 3.48. The van der Waals surface area contributed by atoms with Gasteiger partial charge in [0.05, 0.1) is 20.0 Å². The number of hydrogen-bond donors (Lipinski definition) is 0. The van der Waals surface area contributed by atoms with Gasteiger partial charge in [0, 0.05) is 19.3 Å². The fourth-order valence-corrected chi connectivity index (χ4v) is 1.56. The predicted octanol–water partition coefficient (Wildman–Crippen LogP) is 4.09. The smallest absolute Gasteiger partial charge is 0.305 e. The summed E-state index contributed by atoms with van der Waals surface area (Å²) in [6.07, 6.45) is 8.99. The minimum Gasteiger partial charge on any atom is -0.469 e. The molecule has 0 aliphatic heterocycles. The lowest BCUT2D eigenvalue weighted by Gasteiger charge is -1.95. The van der Waals surface area contributed by atoms with Gasteiger partial charge in [0.2, 0.25) is 0 Å². The number of carbonyl (C=O) groups excluding carboxylic acids is 1. The van der Waals surface area contributed by atoms with E-state index < -0.39 is 0 Å². The van der Waals surface area contributed by atoms with E-state index in [2.05, 4.69) is 47.2 Å². The van der Waals surface area contributed by atoms with Crippen LogP contribution in [0.3, 0.4) is 0 Å². The Morgan fingerprint density at radius 1 is 0.810 bits per heavy atom. The van der Waals surface area contributed by atoms with Crippen molar-refractivity contribution >= 4 is 5.97 Å². The molecular weight excluding hydrogens is 260 g/mol. The molecule has 0 amide bonds. The van der Waals surface area contributed by atoms with Crippen LogP contribution in [0.15, 0.2) is 0 Å². The van der Waals surface area contributed by atoms with E-state index in [9.17, 15) is 4.79 Å². The molecule has 2 heteroatoms. The Morgan fingerprint density at radius 2 is 1.33 bits per heavy atom. The Morgan fingerprint density at radius 3 is 1.86 bits per heavy atom. The third-order valence-electron chi connectivity index (χ3n) is 2.79. The van der Waals surface area contributed by atoms with Crippen molar-refractivity contribution in [2.75, 3.05) is 7.11 Å². The summed E-state index contributed by atoms with van der Waals surface area (Å²) in [6.45, 7) is 2.19. The van der Waals surface area contributed by atoms with Gasteiger partial charge in [0.1, 0.15) is 0 Å². The normalized spacial score (nSPS) is 8.48. The van der Waals surface area contributed by atoms with Crippen LogP contribution in [0.2, 0.25) is 0 Å². The quantitative estimate of drug-likeness (QED) is 0.400. The van der Waals surface area contributed by atoms with E-state index in [4.69, 9.17) is 0 Å². The van der Waals surface area contributed by atoms with Crippen LogP contribution in [0.5, 0.6) is 0 Å². The molecule has 21 heavy (non-hydrogen) atoms. The minimum absolute atomic E-state index is 0.148. The fourth-order valence-electron chi connectivity index (χ4n) is 1.56. The third kappa shape index (κ3) is 16.1. The molecule has 0 aliphatic carbocycles. The van der Waals surface area contributed by atoms with Crippen molar-refractivity contribution in [1.29, 1.82) is 0 Å². The summed E-state index contributed by atoms with van der Waals surface area (Å²) in [4.78, 5) is 10.9. The van der Waals surface area contributed by atoms with Crippen LogP contribution >= 0.6 is 0 Å². The maximum Gasteiger partial charge on any atom is 0.305 e. The Labute approximate surface area is 130 Å². The number of esters is 1. The van der Waals surface area contributed by atoms with Gasteiger partial charge in [-0.1, -0.05) is 43.4 Å². The van der Waals surface area contributed by atoms with Gasteiger partial charge in [0.25, 0.3) is 0 Å². The molecule has 0 radical (unpaired) electrons. The van der Waals surface area contributed by atoms with E-state index >= 15 is 0 Å². The molecule has 0 rings (SSSR count). The molecule has 0 N–H and O–H groups in total. The van der Waals surface area contributed by atoms with E-state index in [1.54, 1.807) is 0 Å². The van der Waals surface area contributed by atoms with Crippen molar-refractivity contribution in [1.82, 2.24) is 0 Å². The second-order valence-corrected chi connectivity index (χ2v) is 4.65. The summed E-state index contributed by atoms with van der Waals surface area (Å²) in [6, 6.07) is 0. The van der Waals surface area contributed by atoms with Gasteiger partial charge in [-0.15, -0.1) is 11.8 Å². The van der Waals surface area contributed by atoms with Gasteiger partial charge >= 0.3 is 5.97 Å². The molecule has 0 unspecified atom stereocenters. The summed E-state index contributed by atoms with van der Waals surface area (Å²) in [5.74, 6) is 18.1. The predicted molar refractivity (Wildman–Crippen MR) is 87.2 cm³/mol. The Kier molecular flexibility index (Phi) is 14.8. The molecule has 0 bridgehead atoms. The van der Waals surface area contributed by atoms with E-state index in [0.29, 0.717) is 19.3 Å². The first-order chi connectivity index (χ1) is 10.3. The minimum atomic E-state index is -0.148. The number of carbonyl (C=O) groups is 1. The largest absolute Gasteiger partial charge is 0.469 e. The van der Waals surface area contributed by atoms with Crippen molar-refractivity contribution in [3.8, 4) is 35.5 Å². The molecular formula is C19H26O2. The molecule has 0 aromatic carbocycles. The van der Waals surface area contributed by atoms with Crippen LogP contribution in [0.4, 0.5) is 0 Å². The van der Waals surface area contributed by atoms with Crippen molar-refractivity contribution in [3.63, 3.8) is 0 Å². The first-order valence-electron chi connectivity index (χ1n) is 7.75. The van der Waals surface area contributed by atoms with Crippen LogP contribution < -0.4 is 0 Å². The van der Waals surface area contributed by atoms with Crippen molar-refractivity contribution in [2.24, 2.45) is 0 Å². The molecule has 0 spiro atoms. The van der Waals surface area contributed by atoms with E-state index in [1.165, 1.54) is 26.4 Å². The zero-order chi connectivity index (χ0) is 15.6. The highest BCUT2D eigenvalue weighted by molar-refractivity contribution is 5.68. The topological polar surface area (TPSA) is 26.3 Å². The molecule has 0 heterocycles. The van der Waals surface area contributed by atoms with E-state index in [0.717, 1.165) is 25.7 Å². The van der Waals surface area contributed by atoms with Crippen molar-refractivity contribution in [3.05, 3.63) is 0 Å². The molecule has 114 valence electrons. The van der Waals surface area contributed by atoms with Gasteiger partial charge in [-0.05, 0) is 19.3 Å². The lowest BCUT2D eigenvalue weighted by Crippen LogP contribution is -1.98. The lowest BCUT2D eigenvalue weighted by molar-refractivity contribution is -0.140. The van der Waals surface area contributed by atoms with Crippen molar-refractivity contribution < 1.29 is 9.53 Å². The standard InChI is InChI=1S/C19H26O2/c1-3-4-5-6-7-8-9-10-11-12-13-14-15-16-17-18-19(20)21-2/h3-6,9,12,15-18H2,1-2H3. The van der Waals surface area contributed by atoms with Crippen LogP contribution in [-0.4, -0.2) is 13.1 Å². The molecule has 0 aromatic rings. The highest BCUT2D eigenvalue weighted by Crippen LogP contribution is 1.99. The molecule has 2 nitrogen and oxygen atoms in total. The maximum absolute atomic E-state index is 10.9. The Hall–Kier alpha value is -1.85. The van der Waals surface area contributed by atoms with Gasteiger partial charge in [0.15, 0.2) is 0 Å². The molecule has 0 aliphatic rings. The zero-order valence-corrected chi connectivity index (χ0v) is 13.4. The lowest BCUT2D eigenvalue weighted by atomic mass is 10.2. The van der Waals surface area contributed by atoms with E-state index in [-0.39, 0.29) is 5.97 Å². The summed E-state index contributed by atoms with van der Waals surface area (Å²) in [5.41, 5.74) is 0. The zero-order valence-electron chi connectivity index (χ0n) is 13.4. The van der Waals surface area contributed by atoms with Gasteiger partial charge in [-0.25, -0.2) is 0 Å². The monoisotopic (exact) mass is 286 g/mol. The average molecular weight is 286 g/mol. The highest BCUT2D eigenvalue weighted by atomic mass is 16.5. The SMILES string of the molecule is CCCCCC#CCC#CCC#CCCCCC(=O)OC. The maximum atomic E-state index is 10.9. The summed E-state index contributed by atoms with van der Waals surface area (Å²) >= 11 is 0. The first-order valence-corrected chi connectivity index (χ1v) is 7.75. The molecule has 0 saturated heterocycles. The van der Waals surface area contributed by atoms with Crippen LogP contribution in [0.25, 0.3) is 0 Å².